The first-order valence-corrected chi connectivity index (χ1v) is 18.2. The summed E-state index contributed by atoms with van der Waals surface area (Å²) in [5, 5.41) is 53.7. The zero-order chi connectivity index (χ0) is 33.8. The molecule has 1 rings (SSSR count). The lowest BCUT2D eigenvalue weighted by atomic mass is 9.99. The van der Waals surface area contributed by atoms with Crippen LogP contribution < -0.4 is 5.32 Å². The fourth-order valence-corrected chi connectivity index (χ4v) is 5.40. The van der Waals surface area contributed by atoms with Crippen molar-refractivity contribution >= 4 is 5.91 Å². The quantitative estimate of drug-likeness (QED) is 0.0461. The van der Waals surface area contributed by atoms with Gasteiger partial charge in [-0.2, -0.15) is 0 Å². The number of carbonyl (C=O) groups is 1. The topological polar surface area (TPSA) is 149 Å². The molecule has 0 radical (unpaired) electrons. The van der Waals surface area contributed by atoms with Gasteiger partial charge in [-0.05, 0) is 57.8 Å². The largest absolute Gasteiger partial charge is 0.394 e. The van der Waals surface area contributed by atoms with Gasteiger partial charge >= 0.3 is 0 Å². The molecule has 1 aliphatic heterocycles. The third kappa shape index (κ3) is 19.9. The lowest BCUT2D eigenvalue weighted by Gasteiger charge is -2.40. The maximum absolute atomic E-state index is 12.8. The van der Waals surface area contributed by atoms with Crippen molar-refractivity contribution in [2.45, 2.75) is 179 Å². The highest BCUT2D eigenvalue weighted by Gasteiger charge is 2.44. The van der Waals surface area contributed by atoms with Crippen LogP contribution in [0.15, 0.2) is 36.5 Å². The molecule has 0 aromatic carbocycles. The average molecular weight is 654 g/mol. The Bertz CT molecular complexity index is 817. The molecule has 1 amide bonds. The van der Waals surface area contributed by atoms with Crippen LogP contribution in [-0.2, 0) is 14.3 Å². The zero-order valence-electron chi connectivity index (χ0n) is 28.8. The van der Waals surface area contributed by atoms with Gasteiger partial charge in [0.2, 0.25) is 5.91 Å². The Morgan fingerprint density at radius 3 is 1.83 bits per heavy atom. The van der Waals surface area contributed by atoms with E-state index in [9.17, 15) is 30.3 Å². The number of carbonyl (C=O) groups excluding carboxylic acids is 1. The molecule has 1 saturated heterocycles. The molecular formula is C37H67NO8. The number of rotatable bonds is 28. The van der Waals surface area contributed by atoms with E-state index in [-0.39, 0.29) is 12.5 Å². The molecule has 9 nitrogen and oxygen atoms in total. The molecule has 0 spiro atoms. The van der Waals surface area contributed by atoms with Gasteiger partial charge in [-0.25, -0.2) is 0 Å². The van der Waals surface area contributed by atoms with Crippen LogP contribution in [0, 0.1) is 0 Å². The van der Waals surface area contributed by atoms with Gasteiger partial charge < -0.3 is 40.3 Å². The number of amides is 1. The van der Waals surface area contributed by atoms with Gasteiger partial charge in [-0.1, -0.05) is 108 Å². The fourth-order valence-electron chi connectivity index (χ4n) is 5.40. The molecule has 0 aliphatic carbocycles. The second kappa shape index (κ2) is 28.4. The first-order chi connectivity index (χ1) is 22.3. The maximum Gasteiger partial charge on any atom is 0.220 e. The van der Waals surface area contributed by atoms with Gasteiger partial charge in [0.05, 0.1) is 25.4 Å². The third-order valence-electron chi connectivity index (χ3n) is 8.44. The lowest BCUT2D eigenvalue weighted by molar-refractivity contribution is -0.302. The van der Waals surface area contributed by atoms with E-state index < -0.39 is 49.5 Å². The summed E-state index contributed by atoms with van der Waals surface area (Å²) >= 11 is 0. The highest BCUT2D eigenvalue weighted by atomic mass is 16.7. The first-order valence-electron chi connectivity index (χ1n) is 18.2. The molecule has 46 heavy (non-hydrogen) atoms. The minimum atomic E-state index is -1.57. The average Bonchev–Trinajstić information content (AvgIpc) is 3.05. The summed E-state index contributed by atoms with van der Waals surface area (Å²) in [6, 6.07) is -0.820. The standard InChI is InChI=1S/C37H67NO8/c1-3-5-7-9-11-13-15-16-17-19-21-23-25-27-33(41)38-30(29-45-37-36(44)35(43)34(42)32(28-39)46-37)31(40)26-24-22-20-18-14-12-10-8-6-4-2/h13-15,18,24,26,30-32,34-37,39-40,42-44H,3-12,16-17,19-23,25,27-29H2,1-2H3,(H,38,41)/b15-13-,18-14+,26-24+. The van der Waals surface area contributed by atoms with Crippen molar-refractivity contribution in [2.24, 2.45) is 0 Å². The summed E-state index contributed by atoms with van der Waals surface area (Å²) in [6.45, 7) is 3.65. The van der Waals surface area contributed by atoms with Crippen LogP contribution in [0.2, 0.25) is 0 Å². The monoisotopic (exact) mass is 653 g/mol. The van der Waals surface area contributed by atoms with Crippen LogP contribution in [-0.4, -0.2) is 87.5 Å². The molecule has 7 unspecified atom stereocenters. The predicted molar refractivity (Wildman–Crippen MR) is 184 cm³/mol. The Kier molecular flexibility index (Phi) is 26.2. The second-order valence-electron chi connectivity index (χ2n) is 12.6. The van der Waals surface area contributed by atoms with Gasteiger partial charge in [-0.3, -0.25) is 4.79 Å². The molecule has 1 heterocycles. The minimum absolute atomic E-state index is 0.202. The summed E-state index contributed by atoms with van der Waals surface area (Å²) in [5.41, 5.74) is 0. The molecule has 6 N–H and O–H groups in total. The molecule has 268 valence electrons. The van der Waals surface area contributed by atoms with Gasteiger partial charge in [0.25, 0.3) is 0 Å². The van der Waals surface area contributed by atoms with E-state index in [4.69, 9.17) is 9.47 Å². The SMILES string of the molecule is CCCCCC/C=C\CCCCCCCC(=O)NC(COC1OC(CO)C(O)C(O)C1O)C(O)/C=C/CC/C=C/CCCCCC. The molecule has 1 aliphatic rings. The van der Waals surface area contributed by atoms with Crippen LogP contribution in [0.4, 0.5) is 0 Å². The predicted octanol–water partition coefficient (Wildman–Crippen LogP) is 5.77. The highest BCUT2D eigenvalue weighted by Crippen LogP contribution is 2.22. The fraction of sp³-hybridized carbons (Fsp3) is 0.811. The molecule has 1 fully saturated rings. The first kappa shape index (κ1) is 42.4. The Hall–Kier alpha value is -1.59. The van der Waals surface area contributed by atoms with Crippen molar-refractivity contribution in [1.29, 1.82) is 0 Å². The van der Waals surface area contributed by atoms with E-state index in [1.807, 2.05) is 6.08 Å². The van der Waals surface area contributed by atoms with Crippen molar-refractivity contribution < 1.29 is 39.8 Å². The highest BCUT2D eigenvalue weighted by molar-refractivity contribution is 5.76. The van der Waals surface area contributed by atoms with E-state index in [1.54, 1.807) is 6.08 Å². The van der Waals surface area contributed by atoms with Crippen molar-refractivity contribution in [3.05, 3.63) is 36.5 Å². The minimum Gasteiger partial charge on any atom is -0.394 e. The molecule has 0 bridgehead atoms. The van der Waals surface area contributed by atoms with E-state index in [0.29, 0.717) is 6.42 Å². The number of hydrogen-bond donors (Lipinski definition) is 6. The normalized spacial score (nSPS) is 23.5. The Morgan fingerprint density at radius 1 is 0.717 bits per heavy atom. The molecule has 0 aromatic rings. The molecule has 7 atom stereocenters. The molecule has 0 saturated carbocycles. The van der Waals surface area contributed by atoms with Gasteiger partial charge in [0.15, 0.2) is 6.29 Å². The van der Waals surface area contributed by atoms with E-state index in [1.165, 1.54) is 57.8 Å². The van der Waals surface area contributed by atoms with Crippen LogP contribution in [0.5, 0.6) is 0 Å². The Labute approximate surface area is 279 Å². The number of nitrogens with one attached hydrogen (secondary N) is 1. The van der Waals surface area contributed by atoms with Crippen LogP contribution in [0.1, 0.15) is 136 Å². The summed E-state index contributed by atoms with van der Waals surface area (Å²) in [7, 11) is 0. The van der Waals surface area contributed by atoms with Crippen LogP contribution in [0.3, 0.4) is 0 Å². The number of aliphatic hydroxyl groups is 5. The number of allylic oxidation sites excluding steroid dienone is 5. The maximum atomic E-state index is 12.8. The number of ether oxygens (including phenoxy) is 2. The second-order valence-corrected chi connectivity index (χ2v) is 12.6. The number of unbranched alkanes of at least 4 members (excludes halogenated alkanes) is 14. The van der Waals surface area contributed by atoms with E-state index in [2.05, 4.69) is 43.5 Å². The Morgan fingerprint density at radius 2 is 1.24 bits per heavy atom. The van der Waals surface area contributed by atoms with E-state index >= 15 is 0 Å². The summed E-state index contributed by atoms with van der Waals surface area (Å²) < 4.78 is 11.1. The number of aliphatic hydroxyl groups excluding tert-OH is 5. The summed E-state index contributed by atoms with van der Waals surface area (Å²) in [6.07, 6.45) is 24.8. The van der Waals surface area contributed by atoms with Gasteiger partial charge in [-0.15, -0.1) is 0 Å². The van der Waals surface area contributed by atoms with Gasteiger partial charge in [0, 0.05) is 6.42 Å². The van der Waals surface area contributed by atoms with E-state index in [0.717, 1.165) is 57.8 Å². The van der Waals surface area contributed by atoms with Crippen LogP contribution in [0.25, 0.3) is 0 Å². The lowest BCUT2D eigenvalue weighted by Crippen LogP contribution is -2.60. The third-order valence-corrected chi connectivity index (χ3v) is 8.44. The summed E-state index contributed by atoms with van der Waals surface area (Å²) in [4.78, 5) is 12.8. The molecular weight excluding hydrogens is 586 g/mol. The van der Waals surface area contributed by atoms with Crippen molar-refractivity contribution in [2.75, 3.05) is 13.2 Å². The van der Waals surface area contributed by atoms with Gasteiger partial charge in [0.1, 0.15) is 24.4 Å². The molecule has 9 heteroatoms. The van der Waals surface area contributed by atoms with Crippen molar-refractivity contribution in [1.82, 2.24) is 5.32 Å². The zero-order valence-corrected chi connectivity index (χ0v) is 28.8. The van der Waals surface area contributed by atoms with Crippen LogP contribution >= 0.6 is 0 Å². The number of hydrogen-bond acceptors (Lipinski definition) is 8. The van der Waals surface area contributed by atoms with Crippen molar-refractivity contribution in [3.63, 3.8) is 0 Å². The van der Waals surface area contributed by atoms with Crippen molar-refractivity contribution in [3.8, 4) is 0 Å². The summed E-state index contributed by atoms with van der Waals surface area (Å²) in [5.74, 6) is -0.202. The Balaban J connectivity index is 2.51. The molecule has 0 aromatic heterocycles. The smallest absolute Gasteiger partial charge is 0.220 e.